The topological polar surface area (TPSA) is 107 Å². The van der Waals surface area contributed by atoms with Crippen molar-refractivity contribution in [2.24, 2.45) is 0 Å². The number of nitro benzene ring substituents is 1. The lowest BCUT2D eigenvalue weighted by molar-refractivity contribution is -0.384. The normalized spacial score (nSPS) is 10.8. The van der Waals surface area contributed by atoms with Crippen molar-refractivity contribution in [3.63, 3.8) is 0 Å². The van der Waals surface area contributed by atoms with E-state index in [1.165, 1.54) is 16.7 Å². The highest BCUT2D eigenvalue weighted by Gasteiger charge is 2.15. The maximum absolute atomic E-state index is 12.9. The molecule has 1 heterocycles. The summed E-state index contributed by atoms with van der Waals surface area (Å²) in [6.45, 7) is 1.75. The number of aromatic nitrogens is 2. The van der Waals surface area contributed by atoms with Crippen LogP contribution in [0.2, 0.25) is 5.02 Å². The highest BCUT2D eigenvalue weighted by molar-refractivity contribution is 6.34. The minimum atomic E-state index is -0.585. The summed E-state index contributed by atoms with van der Waals surface area (Å²) in [5.41, 5.74) is 1.44. The molecule has 0 aliphatic heterocycles. The van der Waals surface area contributed by atoms with Crippen molar-refractivity contribution in [3.8, 4) is 5.69 Å². The Morgan fingerprint density at radius 3 is 2.48 bits per heavy atom. The van der Waals surface area contributed by atoms with Crippen LogP contribution in [0.15, 0.2) is 71.5 Å². The number of nitro groups is 1. The molecular formula is C22H15ClN4O4. The van der Waals surface area contributed by atoms with Crippen LogP contribution in [0.3, 0.4) is 0 Å². The standard InChI is InChI=1S/C22H15ClN4O4/c1-13-24-20-5-3-2-4-18(20)22(29)26(13)15-8-6-14(7-9-15)25-21(28)17-11-10-16(27(30)31)12-19(17)23/h2-12H,1H3,(H,25,28). The molecule has 1 amide bonds. The first-order valence-corrected chi connectivity index (χ1v) is 9.57. The van der Waals surface area contributed by atoms with Crippen LogP contribution >= 0.6 is 11.6 Å². The second kappa shape index (κ2) is 8.00. The number of nitrogens with zero attached hydrogens (tertiary/aromatic N) is 3. The third-order valence-corrected chi connectivity index (χ3v) is 5.05. The van der Waals surface area contributed by atoms with Crippen molar-refractivity contribution in [1.29, 1.82) is 0 Å². The second-order valence-corrected chi connectivity index (χ2v) is 7.15. The molecule has 0 aliphatic rings. The molecule has 0 radical (unpaired) electrons. The molecule has 0 unspecified atom stereocenters. The van der Waals surface area contributed by atoms with Crippen LogP contribution in [0, 0.1) is 17.0 Å². The highest BCUT2D eigenvalue weighted by atomic mass is 35.5. The fourth-order valence-electron chi connectivity index (χ4n) is 3.24. The molecule has 0 fully saturated rings. The number of hydrogen-bond acceptors (Lipinski definition) is 5. The van der Waals surface area contributed by atoms with E-state index < -0.39 is 10.8 Å². The van der Waals surface area contributed by atoms with Gasteiger partial charge < -0.3 is 5.32 Å². The lowest BCUT2D eigenvalue weighted by Gasteiger charge is -2.12. The number of benzene rings is 3. The summed E-state index contributed by atoms with van der Waals surface area (Å²) in [5.74, 6) is 0.0338. The van der Waals surface area contributed by atoms with E-state index in [1.807, 2.05) is 6.07 Å². The number of nitrogens with one attached hydrogen (secondary N) is 1. The van der Waals surface area contributed by atoms with Crippen molar-refractivity contribution in [1.82, 2.24) is 9.55 Å². The SMILES string of the molecule is Cc1nc2ccccc2c(=O)n1-c1ccc(NC(=O)c2ccc([N+](=O)[O-])cc2Cl)cc1. The van der Waals surface area contributed by atoms with Gasteiger partial charge in [0.2, 0.25) is 0 Å². The fraction of sp³-hybridized carbons (Fsp3) is 0.0455. The van der Waals surface area contributed by atoms with E-state index in [4.69, 9.17) is 11.6 Å². The third-order valence-electron chi connectivity index (χ3n) is 4.73. The highest BCUT2D eigenvalue weighted by Crippen LogP contribution is 2.24. The van der Waals surface area contributed by atoms with E-state index in [1.54, 1.807) is 49.4 Å². The summed E-state index contributed by atoms with van der Waals surface area (Å²) in [6, 6.07) is 17.4. The molecule has 4 aromatic rings. The largest absolute Gasteiger partial charge is 0.322 e. The van der Waals surface area contributed by atoms with Crippen molar-refractivity contribution in [2.75, 3.05) is 5.32 Å². The zero-order chi connectivity index (χ0) is 22.1. The maximum atomic E-state index is 12.9. The quantitative estimate of drug-likeness (QED) is 0.375. The third kappa shape index (κ3) is 3.88. The van der Waals surface area contributed by atoms with Gasteiger partial charge in [-0.25, -0.2) is 4.98 Å². The van der Waals surface area contributed by atoms with Gasteiger partial charge in [-0.15, -0.1) is 0 Å². The Hall–Kier alpha value is -4.04. The Morgan fingerprint density at radius 2 is 1.81 bits per heavy atom. The predicted molar refractivity (Wildman–Crippen MR) is 118 cm³/mol. The Morgan fingerprint density at radius 1 is 1.10 bits per heavy atom. The Balaban J connectivity index is 1.61. The van der Waals surface area contributed by atoms with Crippen LogP contribution in [-0.4, -0.2) is 20.4 Å². The molecule has 0 bridgehead atoms. The van der Waals surface area contributed by atoms with Gasteiger partial charge in [0.1, 0.15) is 5.82 Å². The molecule has 0 saturated heterocycles. The molecule has 1 aromatic heterocycles. The molecule has 8 nitrogen and oxygen atoms in total. The van der Waals surface area contributed by atoms with Gasteiger partial charge in [-0.05, 0) is 49.4 Å². The number of halogens is 1. The van der Waals surface area contributed by atoms with E-state index >= 15 is 0 Å². The maximum Gasteiger partial charge on any atom is 0.270 e. The summed E-state index contributed by atoms with van der Waals surface area (Å²) >= 11 is 6.01. The lowest BCUT2D eigenvalue weighted by atomic mass is 10.2. The number of carbonyl (C=O) groups excluding carboxylic acids is 1. The van der Waals surface area contributed by atoms with Gasteiger partial charge in [0.25, 0.3) is 17.2 Å². The number of hydrogen-bond donors (Lipinski definition) is 1. The number of rotatable bonds is 4. The van der Waals surface area contributed by atoms with Gasteiger partial charge in [0.05, 0.1) is 32.1 Å². The molecule has 3 aromatic carbocycles. The number of aryl methyl sites for hydroxylation is 1. The van der Waals surface area contributed by atoms with Crippen LogP contribution in [0.4, 0.5) is 11.4 Å². The predicted octanol–water partition coefficient (Wildman–Crippen LogP) is 4.51. The average molecular weight is 435 g/mol. The molecule has 31 heavy (non-hydrogen) atoms. The van der Waals surface area contributed by atoms with Crippen LogP contribution in [-0.2, 0) is 0 Å². The monoisotopic (exact) mass is 434 g/mol. The van der Waals surface area contributed by atoms with Crippen LogP contribution in [0.25, 0.3) is 16.6 Å². The molecule has 0 spiro atoms. The number of para-hydroxylation sites is 1. The van der Waals surface area contributed by atoms with Crippen molar-refractivity contribution in [3.05, 3.63) is 104 Å². The second-order valence-electron chi connectivity index (χ2n) is 6.74. The van der Waals surface area contributed by atoms with Crippen molar-refractivity contribution in [2.45, 2.75) is 6.92 Å². The van der Waals surface area contributed by atoms with E-state index in [0.717, 1.165) is 6.07 Å². The van der Waals surface area contributed by atoms with Gasteiger partial charge in [0, 0.05) is 17.8 Å². The van der Waals surface area contributed by atoms with Gasteiger partial charge in [-0.3, -0.25) is 24.3 Å². The first-order valence-electron chi connectivity index (χ1n) is 9.19. The smallest absolute Gasteiger partial charge is 0.270 e. The average Bonchev–Trinajstić information content (AvgIpc) is 2.74. The molecule has 0 aliphatic carbocycles. The molecule has 1 N–H and O–H groups in total. The molecule has 9 heteroatoms. The van der Waals surface area contributed by atoms with Gasteiger partial charge in [-0.1, -0.05) is 23.7 Å². The molecule has 154 valence electrons. The van der Waals surface area contributed by atoms with E-state index in [2.05, 4.69) is 10.3 Å². The van der Waals surface area contributed by atoms with Crippen LogP contribution in [0.5, 0.6) is 0 Å². The number of fused-ring (bicyclic) bond motifs is 1. The van der Waals surface area contributed by atoms with Crippen molar-refractivity contribution >= 4 is 39.8 Å². The Labute approximate surface area is 180 Å². The van der Waals surface area contributed by atoms with Gasteiger partial charge >= 0.3 is 0 Å². The first kappa shape index (κ1) is 20.2. The minimum Gasteiger partial charge on any atom is -0.322 e. The van der Waals surface area contributed by atoms with Crippen LogP contribution in [0.1, 0.15) is 16.2 Å². The molecular weight excluding hydrogens is 420 g/mol. The minimum absolute atomic E-state index is 0.0206. The zero-order valence-corrected chi connectivity index (χ0v) is 17.0. The van der Waals surface area contributed by atoms with E-state index in [9.17, 15) is 19.7 Å². The Kier molecular flexibility index (Phi) is 5.22. The van der Waals surface area contributed by atoms with Crippen LogP contribution < -0.4 is 10.9 Å². The Bertz CT molecular complexity index is 1400. The van der Waals surface area contributed by atoms with E-state index in [-0.39, 0.29) is 21.8 Å². The van der Waals surface area contributed by atoms with Gasteiger partial charge in [-0.2, -0.15) is 0 Å². The lowest BCUT2D eigenvalue weighted by Crippen LogP contribution is -2.22. The first-order chi connectivity index (χ1) is 14.8. The molecule has 0 saturated carbocycles. The fourth-order valence-corrected chi connectivity index (χ4v) is 3.50. The summed E-state index contributed by atoms with van der Waals surface area (Å²) < 4.78 is 1.50. The number of carbonyl (C=O) groups is 1. The van der Waals surface area contributed by atoms with Crippen molar-refractivity contribution < 1.29 is 9.72 Å². The molecule has 0 atom stereocenters. The number of amides is 1. The summed E-state index contributed by atoms with van der Waals surface area (Å²) in [4.78, 5) is 40.1. The molecule has 4 rings (SSSR count). The summed E-state index contributed by atoms with van der Waals surface area (Å²) in [6.07, 6.45) is 0. The number of anilines is 1. The number of non-ortho nitro benzene ring substituents is 1. The van der Waals surface area contributed by atoms with Gasteiger partial charge in [0.15, 0.2) is 0 Å². The zero-order valence-electron chi connectivity index (χ0n) is 16.2. The summed E-state index contributed by atoms with van der Waals surface area (Å²) in [7, 11) is 0. The summed E-state index contributed by atoms with van der Waals surface area (Å²) in [5, 5.41) is 14.0. The van der Waals surface area contributed by atoms with E-state index in [0.29, 0.717) is 28.1 Å².